The van der Waals surface area contributed by atoms with E-state index in [1.54, 1.807) is 7.11 Å². The topological polar surface area (TPSA) is 66.0 Å². The second kappa shape index (κ2) is 6.29. The fourth-order valence-corrected chi connectivity index (χ4v) is 2.83. The quantitative estimate of drug-likeness (QED) is 0.788. The fourth-order valence-electron chi connectivity index (χ4n) is 2.83. The van der Waals surface area contributed by atoms with Gasteiger partial charge in [0, 0.05) is 19.8 Å². The molecule has 0 spiro atoms. The van der Waals surface area contributed by atoms with Gasteiger partial charge >= 0.3 is 0 Å². The molecular weight excluding hydrogens is 228 g/mol. The first-order chi connectivity index (χ1) is 8.74. The van der Waals surface area contributed by atoms with Crippen molar-refractivity contribution in [1.29, 1.82) is 0 Å². The molecule has 0 aliphatic heterocycles. The third kappa shape index (κ3) is 2.90. The van der Waals surface area contributed by atoms with Crippen LogP contribution in [-0.2, 0) is 4.74 Å². The average molecular weight is 252 g/mol. The molecule has 0 bridgehead atoms. The Morgan fingerprint density at radius 2 is 2.11 bits per heavy atom. The standard InChI is InChI=1S/C13H24N4O/c1-10-15-16-13(12(14)8-5-9-18-2)17(10)11-6-3-4-7-11/h11-12H,3-9,14H2,1-2H3. The number of nitrogens with two attached hydrogens (primary N) is 1. The number of methoxy groups -OCH3 is 1. The summed E-state index contributed by atoms with van der Waals surface area (Å²) < 4.78 is 7.33. The Bertz CT molecular complexity index is 371. The summed E-state index contributed by atoms with van der Waals surface area (Å²) in [6.45, 7) is 2.78. The summed E-state index contributed by atoms with van der Waals surface area (Å²) in [5, 5.41) is 8.50. The Hall–Kier alpha value is -0.940. The molecule has 1 unspecified atom stereocenters. The van der Waals surface area contributed by atoms with Gasteiger partial charge in [-0.25, -0.2) is 0 Å². The lowest BCUT2D eigenvalue weighted by Gasteiger charge is -2.19. The van der Waals surface area contributed by atoms with Crippen molar-refractivity contribution in [3.8, 4) is 0 Å². The molecule has 2 rings (SSSR count). The summed E-state index contributed by atoms with van der Waals surface area (Å²) in [7, 11) is 1.72. The van der Waals surface area contributed by atoms with Crippen molar-refractivity contribution in [2.75, 3.05) is 13.7 Å². The molecule has 1 aliphatic carbocycles. The number of nitrogens with zero attached hydrogens (tertiary/aromatic N) is 3. The highest BCUT2D eigenvalue weighted by molar-refractivity contribution is 5.02. The summed E-state index contributed by atoms with van der Waals surface area (Å²) in [5.41, 5.74) is 6.24. The zero-order valence-electron chi connectivity index (χ0n) is 11.4. The Kier molecular flexibility index (Phi) is 4.72. The molecule has 0 radical (unpaired) electrons. The fraction of sp³-hybridized carbons (Fsp3) is 0.846. The molecule has 0 amide bonds. The molecule has 1 fully saturated rings. The molecule has 5 heteroatoms. The van der Waals surface area contributed by atoms with Crippen LogP contribution in [-0.4, -0.2) is 28.5 Å². The maximum atomic E-state index is 6.24. The van der Waals surface area contributed by atoms with E-state index < -0.39 is 0 Å². The maximum Gasteiger partial charge on any atom is 0.150 e. The predicted octanol–water partition coefficient (Wildman–Crippen LogP) is 2.13. The first-order valence-corrected chi connectivity index (χ1v) is 6.90. The van der Waals surface area contributed by atoms with Crippen LogP contribution in [0.25, 0.3) is 0 Å². The van der Waals surface area contributed by atoms with Gasteiger partial charge in [0.1, 0.15) is 11.6 Å². The van der Waals surface area contributed by atoms with Crippen LogP contribution >= 0.6 is 0 Å². The van der Waals surface area contributed by atoms with Gasteiger partial charge in [-0.3, -0.25) is 0 Å². The summed E-state index contributed by atoms with van der Waals surface area (Å²) in [5.74, 6) is 1.95. The Balaban J connectivity index is 2.07. The molecule has 1 atom stereocenters. The molecule has 102 valence electrons. The highest BCUT2D eigenvalue weighted by atomic mass is 16.5. The minimum atomic E-state index is -0.0260. The van der Waals surface area contributed by atoms with E-state index in [1.807, 2.05) is 6.92 Å². The molecule has 18 heavy (non-hydrogen) atoms. The lowest BCUT2D eigenvalue weighted by molar-refractivity contribution is 0.190. The molecular formula is C13H24N4O. The lowest BCUT2D eigenvalue weighted by atomic mass is 10.1. The van der Waals surface area contributed by atoms with Crippen molar-refractivity contribution in [1.82, 2.24) is 14.8 Å². The van der Waals surface area contributed by atoms with Crippen LogP contribution in [0.3, 0.4) is 0 Å². The van der Waals surface area contributed by atoms with Gasteiger partial charge in [-0.05, 0) is 32.6 Å². The van der Waals surface area contributed by atoms with E-state index in [0.29, 0.717) is 6.04 Å². The second-order valence-corrected chi connectivity index (χ2v) is 5.16. The molecule has 5 nitrogen and oxygen atoms in total. The van der Waals surface area contributed by atoms with Gasteiger partial charge in [-0.15, -0.1) is 10.2 Å². The Morgan fingerprint density at radius 3 is 2.78 bits per heavy atom. The number of ether oxygens (including phenoxy) is 1. The number of hydrogen-bond donors (Lipinski definition) is 1. The molecule has 0 saturated heterocycles. The van der Waals surface area contributed by atoms with Crippen LogP contribution in [0.2, 0.25) is 0 Å². The smallest absolute Gasteiger partial charge is 0.150 e. The van der Waals surface area contributed by atoms with Gasteiger partial charge in [-0.2, -0.15) is 0 Å². The van der Waals surface area contributed by atoms with Crippen molar-refractivity contribution in [2.45, 2.75) is 57.5 Å². The van der Waals surface area contributed by atoms with Gasteiger partial charge in [-0.1, -0.05) is 12.8 Å². The number of aryl methyl sites for hydroxylation is 1. The van der Waals surface area contributed by atoms with E-state index in [-0.39, 0.29) is 6.04 Å². The third-order valence-electron chi connectivity index (χ3n) is 3.78. The second-order valence-electron chi connectivity index (χ2n) is 5.16. The normalized spacial score (nSPS) is 18.4. The molecule has 1 saturated carbocycles. The van der Waals surface area contributed by atoms with Crippen LogP contribution in [0, 0.1) is 6.92 Å². The van der Waals surface area contributed by atoms with Crippen molar-refractivity contribution in [2.24, 2.45) is 5.73 Å². The number of rotatable bonds is 6. The number of hydrogen-bond acceptors (Lipinski definition) is 4. The van der Waals surface area contributed by atoms with Crippen LogP contribution in [0.5, 0.6) is 0 Å². The van der Waals surface area contributed by atoms with Gasteiger partial charge < -0.3 is 15.0 Å². The maximum absolute atomic E-state index is 6.24. The van der Waals surface area contributed by atoms with Crippen LogP contribution in [0.4, 0.5) is 0 Å². The van der Waals surface area contributed by atoms with Crippen molar-refractivity contribution in [3.63, 3.8) is 0 Å². The minimum absolute atomic E-state index is 0.0260. The molecule has 2 N–H and O–H groups in total. The van der Waals surface area contributed by atoms with Gasteiger partial charge in [0.25, 0.3) is 0 Å². The Labute approximate surface area is 109 Å². The highest BCUT2D eigenvalue weighted by Gasteiger charge is 2.24. The summed E-state index contributed by atoms with van der Waals surface area (Å²) in [6, 6.07) is 0.533. The van der Waals surface area contributed by atoms with Crippen molar-refractivity contribution < 1.29 is 4.74 Å². The van der Waals surface area contributed by atoms with E-state index >= 15 is 0 Å². The molecule has 1 aromatic rings. The first kappa shape index (κ1) is 13.5. The van der Waals surface area contributed by atoms with E-state index in [0.717, 1.165) is 31.1 Å². The van der Waals surface area contributed by atoms with Gasteiger partial charge in [0.05, 0.1) is 6.04 Å². The van der Waals surface area contributed by atoms with E-state index in [9.17, 15) is 0 Å². The molecule has 1 heterocycles. The summed E-state index contributed by atoms with van der Waals surface area (Å²) >= 11 is 0. The monoisotopic (exact) mass is 252 g/mol. The molecule has 0 aromatic carbocycles. The minimum Gasteiger partial charge on any atom is -0.385 e. The van der Waals surface area contributed by atoms with Crippen LogP contribution in [0.15, 0.2) is 0 Å². The van der Waals surface area contributed by atoms with Crippen molar-refractivity contribution in [3.05, 3.63) is 11.6 Å². The van der Waals surface area contributed by atoms with Crippen molar-refractivity contribution >= 4 is 0 Å². The predicted molar refractivity (Wildman–Crippen MR) is 70.3 cm³/mol. The lowest BCUT2D eigenvalue weighted by Crippen LogP contribution is -2.20. The number of aromatic nitrogens is 3. The third-order valence-corrected chi connectivity index (χ3v) is 3.78. The SMILES string of the molecule is COCCCC(N)c1nnc(C)n1C1CCCC1. The van der Waals surface area contributed by atoms with Gasteiger partial charge in [0.2, 0.25) is 0 Å². The van der Waals surface area contributed by atoms with E-state index in [1.165, 1.54) is 25.7 Å². The van der Waals surface area contributed by atoms with E-state index in [2.05, 4.69) is 14.8 Å². The van der Waals surface area contributed by atoms with E-state index in [4.69, 9.17) is 10.5 Å². The molecule has 1 aromatic heterocycles. The summed E-state index contributed by atoms with van der Waals surface area (Å²) in [4.78, 5) is 0. The summed E-state index contributed by atoms with van der Waals surface area (Å²) in [6.07, 6.45) is 6.95. The highest BCUT2D eigenvalue weighted by Crippen LogP contribution is 2.32. The molecule has 1 aliphatic rings. The average Bonchev–Trinajstić information content (AvgIpc) is 2.97. The van der Waals surface area contributed by atoms with Gasteiger partial charge in [0.15, 0.2) is 0 Å². The Morgan fingerprint density at radius 1 is 1.39 bits per heavy atom. The zero-order valence-corrected chi connectivity index (χ0v) is 11.4. The zero-order chi connectivity index (χ0) is 13.0. The first-order valence-electron chi connectivity index (χ1n) is 6.90. The van der Waals surface area contributed by atoms with Crippen LogP contribution in [0.1, 0.15) is 62.3 Å². The van der Waals surface area contributed by atoms with Crippen LogP contribution < -0.4 is 5.73 Å². The largest absolute Gasteiger partial charge is 0.385 e.